The van der Waals surface area contributed by atoms with E-state index in [0.29, 0.717) is 17.3 Å². The maximum Gasteiger partial charge on any atom is 0.303 e. The number of pyridine rings is 1. The minimum absolute atomic E-state index is 0.0353. The van der Waals surface area contributed by atoms with Crippen molar-refractivity contribution in [2.24, 2.45) is 0 Å². The minimum atomic E-state index is -3.15. The zero-order valence-electron chi connectivity index (χ0n) is 16.5. The summed E-state index contributed by atoms with van der Waals surface area (Å²) in [6, 6.07) is 3.44. The maximum atomic E-state index is 14.0. The first kappa shape index (κ1) is 19.9. The molecule has 3 aromatic rings. The van der Waals surface area contributed by atoms with Gasteiger partial charge in [0, 0.05) is 49.5 Å². The molecular weight excluding hydrogens is 364 g/mol. The average Bonchev–Trinajstić information content (AvgIpc) is 2.98. The first-order chi connectivity index (χ1) is 13.1. The first-order valence-corrected chi connectivity index (χ1v) is 9.15. The van der Waals surface area contributed by atoms with E-state index in [0.717, 1.165) is 29.8 Å². The van der Waals surface area contributed by atoms with Crippen molar-refractivity contribution < 1.29 is 13.6 Å². The monoisotopic (exact) mass is 387 g/mol. The van der Waals surface area contributed by atoms with Gasteiger partial charge in [-0.05, 0) is 17.9 Å². The van der Waals surface area contributed by atoms with Crippen LogP contribution in [0.15, 0.2) is 24.5 Å². The number of alkyl halides is 2. The molecule has 8 heteroatoms. The lowest BCUT2D eigenvalue weighted by Crippen LogP contribution is -2.16. The van der Waals surface area contributed by atoms with Crippen LogP contribution in [0, 0.1) is 0 Å². The molecule has 0 aliphatic carbocycles. The van der Waals surface area contributed by atoms with Gasteiger partial charge in [0.15, 0.2) is 0 Å². The van der Waals surface area contributed by atoms with Gasteiger partial charge in [-0.2, -0.15) is 8.78 Å². The molecule has 0 saturated heterocycles. The molecule has 0 spiro atoms. The van der Waals surface area contributed by atoms with E-state index in [1.165, 1.54) is 6.92 Å². The molecule has 0 bridgehead atoms. The van der Waals surface area contributed by atoms with Gasteiger partial charge >= 0.3 is 5.92 Å². The molecule has 1 amide bonds. The van der Waals surface area contributed by atoms with E-state index >= 15 is 0 Å². The van der Waals surface area contributed by atoms with E-state index in [-0.39, 0.29) is 11.8 Å². The second-order valence-electron chi connectivity index (χ2n) is 7.16. The molecule has 148 valence electrons. The van der Waals surface area contributed by atoms with Crippen LogP contribution in [0.25, 0.3) is 16.7 Å². The van der Waals surface area contributed by atoms with Gasteiger partial charge in [-0.15, -0.1) is 0 Å². The van der Waals surface area contributed by atoms with Gasteiger partial charge in [-0.1, -0.05) is 20.8 Å². The second kappa shape index (κ2) is 7.26. The highest BCUT2D eigenvalue weighted by molar-refractivity contribution is 5.92. The fourth-order valence-electron chi connectivity index (χ4n) is 2.97. The van der Waals surface area contributed by atoms with Crippen molar-refractivity contribution in [3.05, 3.63) is 41.6 Å². The lowest BCUT2D eigenvalue weighted by molar-refractivity contribution is -0.114. The van der Waals surface area contributed by atoms with Crippen LogP contribution in [0.3, 0.4) is 0 Å². The molecule has 3 rings (SSSR count). The Morgan fingerprint density at radius 1 is 1.29 bits per heavy atom. The molecule has 0 unspecified atom stereocenters. The summed E-state index contributed by atoms with van der Waals surface area (Å²) >= 11 is 0. The molecule has 28 heavy (non-hydrogen) atoms. The molecule has 0 aromatic carbocycles. The predicted octanol–water partition coefficient (Wildman–Crippen LogP) is 4.57. The highest BCUT2D eigenvalue weighted by Crippen LogP contribution is 2.30. The zero-order valence-corrected chi connectivity index (χ0v) is 16.5. The van der Waals surface area contributed by atoms with Crippen LogP contribution in [-0.2, 0) is 17.1 Å². The topological polar surface area (TPSA) is 72.7 Å². The van der Waals surface area contributed by atoms with Crippen molar-refractivity contribution in [2.45, 2.75) is 52.9 Å². The normalized spacial score (nSPS) is 12.0. The van der Waals surface area contributed by atoms with Gasteiger partial charge in [0.25, 0.3) is 0 Å². The fraction of sp³-hybridized carbons (Fsp3) is 0.400. The Kier molecular flexibility index (Phi) is 5.14. The first-order valence-electron chi connectivity index (χ1n) is 9.15. The van der Waals surface area contributed by atoms with Crippen molar-refractivity contribution in [1.29, 1.82) is 0 Å². The van der Waals surface area contributed by atoms with Crippen LogP contribution in [-0.4, -0.2) is 25.4 Å². The Balaban J connectivity index is 2.27. The van der Waals surface area contributed by atoms with Gasteiger partial charge in [-0.3, -0.25) is 4.79 Å². The van der Waals surface area contributed by atoms with Crippen LogP contribution in [0.2, 0.25) is 0 Å². The van der Waals surface area contributed by atoms with E-state index in [1.807, 2.05) is 27.0 Å². The molecule has 0 atom stereocenters. The third kappa shape index (κ3) is 3.85. The van der Waals surface area contributed by atoms with Crippen molar-refractivity contribution in [2.75, 3.05) is 5.32 Å². The minimum Gasteiger partial charge on any atom is -0.311 e. The van der Waals surface area contributed by atoms with E-state index in [4.69, 9.17) is 0 Å². The number of nitrogens with zero attached hydrogens (tertiary/aromatic N) is 4. The standard InChI is InChI=1S/C20H23F2N5O/c1-6-13-10-27(16-8-17(24-12(4)28)23-9-14(13)16)18-7-15(11(2)3)25-19(26-18)20(5,21)22/h7-11H,6H2,1-5H3,(H,23,24,28). The highest BCUT2D eigenvalue weighted by Gasteiger charge is 2.30. The molecule has 3 aromatic heterocycles. The zero-order chi connectivity index (χ0) is 20.6. The Bertz CT molecular complexity index is 1040. The molecule has 6 nitrogen and oxygen atoms in total. The lowest BCUT2D eigenvalue weighted by Gasteiger charge is -2.15. The largest absolute Gasteiger partial charge is 0.311 e. The summed E-state index contributed by atoms with van der Waals surface area (Å²) in [4.78, 5) is 23.8. The Labute approximate surface area is 162 Å². The summed E-state index contributed by atoms with van der Waals surface area (Å²) in [5.41, 5.74) is 2.28. The van der Waals surface area contributed by atoms with Crippen molar-refractivity contribution >= 4 is 22.6 Å². The van der Waals surface area contributed by atoms with Gasteiger partial charge in [-0.25, -0.2) is 15.0 Å². The highest BCUT2D eigenvalue weighted by atomic mass is 19.3. The average molecular weight is 387 g/mol. The number of rotatable bonds is 5. The van der Waals surface area contributed by atoms with E-state index in [1.54, 1.807) is 22.9 Å². The fourth-order valence-corrected chi connectivity index (χ4v) is 2.97. The second-order valence-corrected chi connectivity index (χ2v) is 7.16. The predicted molar refractivity (Wildman–Crippen MR) is 104 cm³/mol. The third-order valence-corrected chi connectivity index (χ3v) is 4.42. The van der Waals surface area contributed by atoms with Crippen LogP contribution in [0.4, 0.5) is 14.6 Å². The molecule has 0 aliphatic rings. The molecule has 0 saturated carbocycles. The molecule has 1 N–H and O–H groups in total. The van der Waals surface area contributed by atoms with Crippen molar-refractivity contribution in [3.63, 3.8) is 0 Å². The SMILES string of the molecule is CCc1cn(-c2cc(C(C)C)nc(C(C)(F)F)n2)c2cc(NC(C)=O)ncc12. The number of hydrogen-bond donors (Lipinski definition) is 1. The van der Waals surface area contributed by atoms with E-state index < -0.39 is 11.7 Å². The number of hydrogen-bond acceptors (Lipinski definition) is 4. The van der Waals surface area contributed by atoms with E-state index in [2.05, 4.69) is 20.3 Å². The Hall–Kier alpha value is -2.90. The van der Waals surface area contributed by atoms with Gasteiger partial charge in [0.2, 0.25) is 11.7 Å². The molecular formula is C20H23F2N5O. The van der Waals surface area contributed by atoms with Crippen molar-refractivity contribution in [3.8, 4) is 5.82 Å². The summed E-state index contributed by atoms with van der Waals surface area (Å²) < 4.78 is 29.7. The number of anilines is 1. The number of fused-ring (bicyclic) bond motifs is 1. The number of amides is 1. The number of nitrogens with one attached hydrogen (secondary N) is 1. The van der Waals surface area contributed by atoms with E-state index in [9.17, 15) is 13.6 Å². The Morgan fingerprint density at radius 3 is 2.57 bits per heavy atom. The molecule has 3 heterocycles. The number of carbonyl (C=O) groups is 1. The number of aryl methyl sites for hydroxylation is 1. The summed E-state index contributed by atoms with van der Waals surface area (Å²) in [6.45, 7) is 7.99. The molecule has 0 aliphatic heterocycles. The number of halogens is 2. The summed E-state index contributed by atoms with van der Waals surface area (Å²) in [6.07, 6.45) is 4.29. The van der Waals surface area contributed by atoms with Crippen LogP contribution >= 0.6 is 0 Å². The summed E-state index contributed by atoms with van der Waals surface area (Å²) in [5, 5.41) is 3.53. The number of aromatic nitrogens is 4. The molecule has 0 fully saturated rings. The smallest absolute Gasteiger partial charge is 0.303 e. The van der Waals surface area contributed by atoms with Gasteiger partial charge in [0.05, 0.1) is 5.52 Å². The van der Waals surface area contributed by atoms with Crippen LogP contribution < -0.4 is 5.32 Å². The summed E-state index contributed by atoms with van der Waals surface area (Å²) in [5.74, 6) is -3.19. The lowest BCUT2D eigenvalue weighted by atomic mass is 10.1. The quantitative estimate of drug-likeness (QED) is 0.696. The maximum absolute atomic E-state index is 14.0. The van der Waals surface area contributed by atoms with Gasteiger partial charge < -0.3 is 9.88 Å². The van der Waals surface area contributed by atoms with Crippen molar-refractivity contribution in [1.82, 2.24) is 19.5 Å². The van der Waals surface area contributed by atoms with Crippen LogP contribution in [0.1, 0.15) is 57.6 Å². The Morgan fingerprint density at radius 2 is 2.00 bits per heavy atom. The third-order valence-electron chi connectivity index (χ3n) is 4.42. The van der Waals surface area contributed by atoms with Crippen LogP contribution in [0.5, 0.6) is 0 Å². The molecule has 0 radical (unpaired) electrons. The summed E-state index contributed by atoms with van der Waals surface area (Å²) in [7, 11) is 0. The van der Waals surface area contributed by atoms with Gasteiger partial charge in [0.1, 0.15) is 11.6 Å². The number of carbonyl (C=O) groups excluding carboxylic acids is 1.